The number of anilines is 2. The van der Waals surface area contributed by atoms with E-state index < -0.39 is 0 Å². The molecule has 1 fully saturated rings. The standard InChI is InChI=1S/C23H26N4O2S/c1-17-6-8-19(9-7-17)24-22(28)15-26-10-12-27(13-11-26)23-25-21(16-30-23)18-4-3-5-20(14-18)29-2/h3-9,14,16H,10-13,15H2,1-2H3,(H,24,28)/p+1. The first-order valence-corrected chi connectivity index (χ1v) is 11.0. The molecule has 0 unspecified atom stereocenters. The molecule has 0 spiro atoms. The van der Waals surface area contributed by atoms with Crippen molar-refractivity contribution in [1.82, 2.24) is 4.98 Å². The first kappa shape index (κ1) is 20.4. The number of nitrogens with one attached hydrogen (secondary N) is 2. The summed E-state index contributed by atoms with van der Waals surface area (Å²) in [7, 11) is 1.68. The van der Waals surface area contributed by atoms with Crippen molar-refractivity contribution in [2.24, 2.45) is 0 Å². The first-order chi connectivity index (χ1) is 14.6. The Morgan fingerprint density at radius 2 is 1.97 bits per heavy atom. The molecule has 0 saturated carbocycles. The van der Waals surface area contributed by atoms with Gasteiger partial charge in [-0.25, -0.2) is 4.98 Å². The molecule has 4 rings (SSSR count). The monoisotopic (exact) mass is 423 g/mol. The predicted octanol–water partition coefficient (Wildman–Crippen LogP) is 2.47. The molecular weight excluding hydrogens is 396 g/mol. The quantitative estimate of drug-likeness (QED) is 0.640. The average Bonchev–Trinajstić information content (AvgIpc) is 3.26. The molecule has 0 aliphatic carbocycles. The lowest BCUT2D eigenvalue weighted by molar-refractivity contribution is -0.892. The van der Waals surface area contributed by atoms with Gasteiger partial charge in [0.15, 0.2) is 11.7 Å². The number of methoxy groups -OCH3 is 1. The van der Waals surface area contributed by atoms with E-state index in [2.05, 4.69) is 21.7 Å². The fourth-order valence-corrected chi connectivity index (χ4v) is 4.47. The smallest absolute Gasteiger partial charge is 0.279 e. The predicted molar refractivity (Wildman–Crippen MR) is 122 cm³/mol. The minimum Gasteiger partial charge on any atom is -0.497 e. The molecular formula is C23H27N4O2S+. The van der Waals surface area contributed by atoms with Gasteiger partial charge in [0, 0.05) is 16.6 Å². The Morgan fingerprint density at radius 1 is 1.20 bits per heavy atom. The SMILES string of the molecule is COc1cccc(-c2csc(N3CC[NH+](CC(=O)Nc4ccc(C)cc4)CC3)n2)c1. The van der Waals surface area contributed by atoms with Crippen molar-refractivity contribution in [2.75, 3.05) is 50.1 Å². The molecule has 1 amide bonds. The van der Waals surface area contributed by atoms with Gasteiger partial charge >= 0.3 is 0 Å². The number of ether oxygens (including phenoxy) is 1. The summed E-state index contributed by atoms with van der Waals surface area (Å²) in [5, 5.41) is 6.13. The second-order valence-electron chi connectivity index (χ2n) is 7.58. The Hall–Kier alpha value is -2.90. The lowest BCUT2D eigenvalue weighted by Gasteiger charge is -2.31. The lowest BCUT2D eigenvalue weighted by atomic mass is 10.2. The number of carbonyl (C=O) groups is 1. The highest BCUT2D eigenvalue weighted by Gasteiger charge is 2.24. The topological polar surface area (TPSA) is 58.9 Å². The molecule has 2 N–H and O–H groups in total. The Labute approximate surface area is 181 Å². The van der Waals surface area contributed by atoms with Crippen LogP contribution in [0.1, 0.15) is 5.56 Å². The van der Waals surface area contributed by atoms with Crippen molar-refractivity contribution < 1.29 is 14.4 Å². The van der Waals surface area contributed by atoms with Crippen LogP contribution in [0.3, 0.4) is 0 Å². The summed E-state index contributed by atoms with van der Waals surface area (Å²) in [5.74, 6) is 0.903. The van der Waals surface area contributed by atoms with Crippen LogP contribution in [0.2, 0.25) is 0 Å². The van der Waals surface area contributed by atoms with Crippen LogP contribution < -0.4 is 19.9 Å². The summed E-state index contributed by atoms with van der Waals surface area (Å²) in [4.78, 5) is 20.8. The zero-order valence-electron chi connectivity index (χ0n) is 17.4. The highest BCUT2D eigenvalue weighted by atomic mass is 32.1. The van der Waals surface area contributed by atoms with Crippen LogP contribution in [-0.2, 0) is 4.79 Å². The fourth-order valence-electron chi connectivity index (χ4n) is 3.58. The average molecular weight is 424 g/mol. The van der Waals surface area contributed by atoms with Gasteiger partial charge in [0.2, 0.25) is 0 Å². The van der Waals surface area contributed by atoms with Gasteiger partial charge in [-0.05, 0) is 31.2 Å². The van der Waals surface area contributed by atoms with Crippen LogP contribution in [0, 0.1) is 6.92 Å². The number of carbonyl (C=O) groups excluding carboxylic acids is 1. The van der Waals surface area contributed by atoms with Gasteiger partial charge in [0.25, 0.3) is 5.91 Å². The maximum absolute atomic E-state index is 12.4. The first-order valence-electron chi connectivity index (χ1n) is 10.2. The zero-order valence-corrected chi connectivity index (χ0v) is 18.2. The minimum atomic E-state index is 0.0665. The molecule has 1 aliphatic heterocycles. The number of piperazine rings is 1. The third kappa shape index (κ3) is 4.98. The third-order valence-electron chi connectivity index (χ3n) is 5.34. The van der Waals surface area contributed by atoms with Gasteiger partial charge in [-0.2, -0.15) is 0 Å². The molecule has 30 heavy (non-hydrogen) atoms. The van der Waals surface area contributed by atoms with E-state index in [1.165, 1.54) is 10.5 Å². The minimum absolute atomic E-state index is 0.0665. The van der Waals surface area contributed by atoms with Crippen molar-refractivity contribution in [2.45, 2.75) is 6.92 Å². The summed E-state index contributed by atoms with van der Waals surface area (Å²) in [5.41, 5.74) is 4.08. The van der Waals surface area contributed by atoms with Gasteiger partial charge in [-0.15, -0.1) is 11.3 Å². The summed E-state index contributed by atoms with van der Waals surface area (Å²) in [6.45, 7) is 6.19. The number of quaternary nitrogens is 1. The van der Waals surface area contributed by atoms with Gasteiger partial charge in [-0.3, -0.25) is 4.79 Å². The van der Waals surface area contributed by atoms with E-state index in [4.69, 9.17) is 9.72 Å². The van der Waals surface area contributed by atoms with E-state index in [9.17, 15) is 4.79 Å². The number of nitrogens with zero attached hydrogens (tertiary/aromatic N) is 2. The van der Waals surface area contributed by atoms with Crippen LogP contribution >= 0.6 is 11.3 Å². The number of benzene rings is 2. The number of rotatable bonds is 6. The highest BCUT2D eigenvalue weighted by Crippen LogP contribution is 2.29. The maximum atomic E-state index is 12.4. The van der Waals surface area contributed by atoms with E-state index in [1.54, 1.807) is 18.4 Å². The molecule has 6 nitrogen and oxygen atoms in total. The van der Waals surface area contributed by atoms with Gasteiger partial charge in [0.05, 0.1) is 39.0 Å². The van der Waals surface area contributed by atoms with E-state index in [1.807, 2.05) is 49.4 Å². The summed E-state index contributed by atoms with van der Waals surface area (Å²) in [6, 6.07) is 15.9. The highest BCUT2D eigenvalue weighted by molar-refractivity contribution is 7.14. The lowest BCUT2D eigenvalue weighted by Crippen LogP contribution is -3.15. The molecule has 3 aromatic rings. The Morgan fingerprint density at radius 3 is 2.70 bits per heavy atom. The zero-order chi connectivity index (χ0) is 20.9. The van der Waals surface area contributed by atoms with Crippen molar-refractivity contribution >= 4 is 28.1 Å². The number of thiazole rings is 1. The molecule has 156 valence electrons. The van der Waals surface area contributed by atoms with E-state index in [0.29, 0.717) is 6.54 Å². The third-order valence-corrected chi connectivity index (χ3v) is 6.25. The molecule has 0 bridgehead atoms. The fraction of sp³-hybridized carbons (Fsp3) is 0.304. The van der Waals surface area contributed by atoms with Gasteiger partial charge < -0.3 is 19.9 Å². The molecule has 1 saturated heterocycles. The van der Waals surface area contributed by atoms with Gasteiger partial charge in [0.1, 0.15) is 5.75 Å². The van der Waals surface area contributed by atoms with Crippen molar-refractivity contribution in [1.29, 1.82) is 0 Å². The summed E-state index contributed by atoms with van der Waals surface area (Å²) < 4.78 is 5.32. The van der Waals surface area contributed by atoms with Crippen molar-refractivity contribution in [3.05, 3.63) is 59.5 Å². The van der Waals surface area contributed by atoms with Crippen LogP contribution in [0.4, 0.5) is 10.8 Å². The van der Waals surface area contributed by atoms with E-state index in [-0.39, 0.29) is 5.91 Å². The molecule has 0 atom stereocenters. The number of hydrogen-bond acceptors (Lipinski definition) is 5. The molecule has 1 aromatic heterocycles. The normalized spacial score (nSPS) is 14.5. The van der Waals surface area contributed by atoms with Crippen LogP contribution in [0.5, 0.6) is 5.75 Å². The van der Waals surface area contributed by atoms with Gasteiger partial charge in [-0.1, -0.05) is 29.8 Å². The number of aromatic nitrogens is 1. The Kier molecular flexibility index (Phi) is 6.30. The van der Waals surface area contributed by atoms with Crippen LogP contribution in [0.15, 0.2) is 53.9 Å². The van der Waals surface area contributed by atoms with Crippen molar-refractivity contribution in [3.8, 4) is 17.0 Å². The number of hydrogen-bond donors (Lipinski definition) is 2. The molecule has 2 aromatic carbocycles. The van der Waals surface area contributed by atoms with Crippen LogP contribution in [-0.4, -0.2) is 50.7 Å². The Bertz CT molecular complexity index is 994. The largest absolute Gasteiger partial charge is 0.497 e. The summed E-state index contributed by atoms with van der Waals surface area (Å²) in [6.07, 6.45) is 0. The molecule has 1 aliphatic rings. The Balaban J connectivity index is 1.30. The van der Waals surface area contributed by atoms with E-state index in [0.717, 1.165) is 54.0 Å². The molecule has 2 heterocycles. The molecule has 7 heteroatoms. The summed E-state index contributed by atoms with van der Waals surface area (Å²) >= 11 is 1.67. The maximum Gasteiger partial charge on any atom is 0.279 e. The number of amides is 1. The second-order valence-corrected chi connectivity index (χ2v) is 8.41. The van der Waals surface area contributed by atoms with Crippen LogP contribution in [0.25, 0.3) is 11.3 Å². The van der Waals surface area contributed by atoms with E-state index >= 15 is 0 Å². The molecule has 0 radical (unpaired) electrons. The number of aryl methyl sites for hydroxylation is 1. The second kappa shape index (κ2) is 9.28. The van der Waals surface area contributed by atoms with Crippen molar-refractivity contribution in [3.63, 3.8) is 0 Å².